The first-order valence-corrected chi connectivity index (χ1v) is 10.4. The molecular weight excluding hydrogens is 360 g/mol. The zero-order valence-corrected chi connectivity index (χ0v) is 18.7. The highest BCUT2D eigenvalue weighted by Crippen LogP contribution is 2.28. The molecule has 1 aliphatic heterocycles. The summed E-state index contributed by atoms with van der Waals surface area (Å²) in [6, 6.07) is 18.7. The van der Waals surface area contributed by atoms with Crippen LogP contribution in [0.5, 0.6) is 5.75 Å². The van der Waals surface area contributed by atoms with Crippen LogP contribution in [0, 0.1) is 6.92 Å². The van der Waals surface area contributed by atoms with Gasteiger partial charge in [-0.3, -0.25) is 4.79 Å². The molecule has 0 aliphatic carbocycles. The van der Waals surface area contributed by atoms with Crippen molar-refractivity contribution in [2.24, 2.45) is 0 Å². The van der Waals surface area contributed by atoms with Gasteiger partial charge in [0.15, 0.2) is 0 Å². The van der Waals surface area contributed by atoms with Crippen molar-refractivity contribution in [3.05, 3.63) is 65.7 Å². The normalized spacial score (nSPS) is 18.7. The highest BCUT2D eigenvalue weighted by molar-refractivity contribution is 5.46. The maximum Gasteiger partial charge on any atom is 0.207 e. The summed E-state index contributed by atoms with van der Waals surface area (Å²) < 4.78 is 5.84. The van der Waals surface area contributed by atoms with Crippen LogP contribution in [0.4, 0.5) is 0 Å². The van der Waals surface area contributed by atoms with Crippen LogP contribution in [0.3, 0.4) is 0 Å². The van der Waals surface area contributed by atoms with Crippen molar-refractivity contribution in [1.82, 2.24) is 10.6 Å². The highest BCUT2D eigenvalue weighted by Gasteiger charge is 2.37. The lowest BCUT2D eigenvalue weighted by Crippen LogP contribution is -2.61. The van der Waals surface area contributed by atoms with E-state index in [0.717, 1.165) is 25.0 Å². The van der Waals surface area contributed by atoms with Crippen LogP contribution in [0.1, 0.15) is 64.7 Å². The first kappa shape index (κ1) is 23.0. The molecule has 2 N–H and O–H groups in total. The Kier molecular flexibility index (Phi) is 7.86. The zero-order chi connectivity index (χ0) is 21.5. The SMILES string of the molecule is CC1(C)CC(NC=O)CC(C)(C)N1.Cc1ccc(C(C)Oc2ccccc2)cc1. The number of rotatable bonds is 5. The Morgan fingerprint density at radius 1 is 1.00 bits per heavy atom. The Balaban J connectivity index is 0.000000212. The molecule has 0 radical (unpaired) electrons. The summed E-state index contributed by atoms with van der Waals surface area (Å²) in [6.07, 6.45) is 2.88. The van der Waals surface area contributed by atoms with Crippen molar-refractivity contribution < 1.29 is 9.53 Å². The monoisotopic (exact) mass is 396 g/mol. The van der Waals surface area contributed by atoms with Gasteiger partial charge >= 0.3 is 0 Å². The van der Waals surface area contributed by atoms with Crippen LogP contribution in [-0.2, 0) is 4.79 Å². The second-order valence-corrected chi connectivity index (χ2v) is 9.27. The van der Waals surface area contributed by atoms with Crippen LogP contribution < -0.4 is 15.4 Å². The van der Waals surface area contributed by atoms with E-state index in [4.69, 9.17) is 4.74 Å². The number of ether oxygens (including phenoxy) is 1. The van der Waals surface area contributed by atoms with Gasteiger partial charge in [-0.15, -0.1) is 0 Å². The van der Waals surface area contributed by atoms with Gasteiger partial charge < -0.3 is 15.4 Å². The van der Waals surface area contributed by atoms with Crippen molar-refractivity contribution in [2.45, 2.75) is 77.6 Å². The van der Waals surface area contributed by atoms with E-state index in [1.165, 1.54) is 11.1 Å². The molecule has 1 atom stereocenters. The summed E-state index contributed by atoms with van der Waals surface area (Å²) in [6.45, 7) is 12.9. The van der Waals surface area contributed by atoms with Crippen LogP contribution in [0.15, 0.2) is 54.6 Å². The number of piperidine rings is 1. The van der Waals surface area contributed by atoms with E-state index in [1.54, 1.807) is 0 Å². The van der Waals surface area contributed by atoms with E-state index >= 15 is 0 Å². The van der Waals surface area contributed by atoms with Crippen molar-refractivity contribution in [1.29, 1.82) is 0 Å². The van der Waals surface area contributed by atoms with E-state index in [1.807, 2.05) is 30.3 Å². The molecular formula is C25H36N2O2. The maximum absolute atomic E-state index is 10.4. The Morgan fingerprint density at radius 3 is 2.07 bits per heavy atom. The third-order valence-electron chi connectivity index (χ3n) is 5.10. The Labute approximate surface area is 176 Å². The molecule has 0 spiro atoms. The fourth-order valence-electron chi connectivity index (χ4n) is 4.15. The van der Waals surface area contributed by atoms with Gasteiger partial charge in [-0.25, -0.2) is 0 Å². The van der Waals surface area contributed by atoms with Crippen LogP contribution in [-0.4, -0.2) is 23.5 Å². The molecule has 4 nitrogen and oxygen atoms in total. The summed E-state index contributed by atoms with van der Waals surface area (Å²) in [5, 5.41) is 6.44. The van der Waals surface area contributed by atoms with Gasteiger partial charge in [-0.1, -0.05) is 48.0 Å². The van der Waals surface area contributed by atoms with Gasteiger partial charge in [-0.05, 0) is 72.1 Å². The quantitative estimate of drug-likeness (QED) is 0.685. The molecule has 1 heterocycles. The van der Waals surface area contributed by atoms with Crippen LogP contribution >= 0.6 is 0 Å². The molecule has 1 amide bonds. The number of carbonyl (C=O) groups is 1. The van der Waals surface area contributed by atoms with Gasteiger partial charge in [0.1, 0.15) is 11.9 Å². The number of hydrogen-bond donors (Lipinski definition) is 2. The summed E-state index contributed by atoms with van der Waals surface area (Å²) in [4.78, 5) is 10.4. The fourth-order valence-corrected chi connectivity index (χ4v) is 4.15. The molecule has 4 heteroatoms. The molecule has 1 unspecified atom stereocenters. The maximum atomic E-state index is 10.4. The fraction of sp³-hybridized carbons (Fsp3) is 0.480. The Hall–Kier alpha value is -2.33. The minimum absolute atomic E-state index is 0.0861. The number of nitrogens with one attached hydrogen (secondary N) is 2. The van der Waals surface area contributed by atoms with E-state index in [2.05, 4.69) is 76.4 Å². The molecule has 0 saturated carbocycles. The third kappa shape index (κ3) is 7.90. The molecule has 1 aliphatic rings. The topological polar surface area (TPSA) is 50.4 Å². The number of carbonyl (C=O) groups excluding carboxylic acids is 1. The number of amides is 1. The Morgan fingerprint density at radius 2 is 1.55 bits per heavy atom. The van der Waals surface area contributed by atoms with Gasteiger partial charge in [0, 0.05) is 17.1 Å². The smallest absolute Gasteiger partial charge is 0.207 e. The first-order chi connectivity index (χ1) is 13.6. The number of hydrogen-bond acceptors (Lipinski definition) is 3. The molecule has 29 heavy (non-hydrogen) atoms. The lowest BCUT2D eigenvalue weighted by Gasteiger charge is -2.46. The van der Waals surface area contributed by atoms with Crippen molar-refractivity contribution in [3.63, 3.8) is 0 Å². The van der Waals surface area contributed by atoms with E-state index < -0.39 is 0 Å². The van der Waals surface area contributed by atoms with E-state index in [0.29, 0.717) is 6.04 Å². The summed E-state index contributed by atoms with van der Waals surface area (Å²) in [7, 11) is 0. The zero-order valence-electron chi connectivity index (χ0n) is 18.7. The minimum Gasteiger partial charge on any atom is -0.486 e. The predicted octanol–water partition coefficient (Wildman–Crippen LogP) is 5.18. The number of aryl methyl sites for hydroxylation is 1. The second-order valence-electron chi connectivity index (χ2n) is 9.27. The average Bonchev–Trinajstić information content (AvgIpc) is 2.61. The molecule has 0 aromatic heterocycles. The first-order valence-electron chi connectivity index (χ1n) is 10.4. The lowest BCUT2D eigenvalue weighted by molar-refractivity contribution is -0.110. The van der Waals surface area contributed by atoms with Gasteiger partial charge in [0.2, 0.25) is 6.41 Å². The van der Waals surface area contributed by atoms with Crippen LogP contribution in [0.25, 0.3) is 0 Å². The molecule has 1 fully saturated rings. The number of para-hydroxylation sites is 1. The molecule has 2 aromatic carbocycles. The molecule has 3 rings (SSSR count). The third-order valence-corrected chi connectivity index (χ3v) is 5.10. The molecule has 158 valence electrons. The summed E-state index contributed by atoms with van der Waals surface area (Å²) in [5.74, 6) is 0.913. The van der Waals surface area contributed by atoms with Gasteiger partial charge in [0.05, 0.1) is 0 Å². The second kappa shape index (κ2) is 9.93. The Bertz CT molecular complexity index is 738. The minimum atomic E-state index is 0.0861. The van der Waals surface area contributed by atoms with Crippen molar-refractivity contribution >= 4 is 6.41 Å². The van der Waals surface area contributed by atoms with Gasteiger partial charge in [-0.2, -0.15) is 0 Å². The van der Waals surface area contributed by atoms with E-state index in [-0.39, 0.29) is 17.2 Å². The highest BCUT2D eigenvalue weighted by atomic mass is 16.5. The molecule has 0 bridgehead atoms. The number of benzene rings is 2. The summed E-state index contributed by atoms with van der Waals surface area (Å²) >= 11 is 0. The standard InChI is InChI=1S/C15H16O.C10H20N2O/c1-12-8-10-14(11-9-12)13(2)16-15-6-4-3-5-7-15;1-9(2)5-8(11-7-13)6-10(3,4)12-9/h3-11,13H,1-2H3;7-8,12H,5-6H2,1-4H3,(H,11,13). The van der Waals surface area contributed by atoms with E-state index in [9.17, 15) is 4.79 Å². The van der Waals surface area contributed by atoms with Crippen molar-refractivity contribution in [2.75, 3.05) is 0 Å². The largest absolute Gasteiger partial charge is 0.486 e. The van der Waals surface area contributed by atoms with Gasteiger partial charge in [0.25, 0.3) is 0 Å². The lowest BCUT2D eigenvalue weighted by atomic mass is 9.80. The van der Waals surface area contributed by atoms with Crippen molar-refractivity contribution in [3.8, 4) is 5.75 Å². The molecule has 2 aromatic rings. The predicted molar refractivity (Wildman–Crippen MR) is 120 cm³/mol. The average molecular weight is 397 g/mol. The summed E-state index contributed by atoms with van der Waals surface area (Å²) in [5.41, 5.74) is 2.70. The van der Waals surface area contributed by atoms with Crippen LogP contribution in [0.2, 0.25) is 0 Å². The molecule has 1 saturated heterocycles.